The average molecular weight is 433 g/mol. The summed E-state index contributed by atoms with van der Waals surface area (Å²) in [5.41, 5.74) is 6.67. The Morgan fingerprint density at radius 3 is 2.00 bits per heavy atom. The number of allylic oxidation sites excluding steroid dienone is 1. The van der Waals surface area contributed by atoms with Crippen molar-refractivity contribution in [3.63, 3.8) is 0 Å². The van der Waals surface area contributed by atoms with Crippen LogP contribution >= 0.6 is 0 Å². The maximum Gasteiger partial charge on any atom is 0.134 e. The highest BCUT2D eigenvalue weighted by Crippen LogP contribution is 2.23. The molecule has 1 heteroatoms. The molecule has 0 atom stereocenters. The molecular formula is C32H29F. The van der Waals surface area contributed by atoms with Gasteiger partial charge >= 0.3 is 0 Å². The van der Waals surface area contributed by atoms with Gasteiger partial charge in [-0.25, -0.2) is 4.39 Å². The summed E-state index contributed by atoms with van der Waals surface area (Å²) in [7, 11) is 0. The Hall–Kier alpha value is -3.63. The highest BCUT2D eigenvalue weighted by atomic mass is 19.1. The summed E-state index contributed by atoms with van der Waals surface area (Å²) in [6.45, 7) is 5.90. The van der Waals surface area contributed by atoms with Crippen molar-refractivity contribution in [2.75, 3.05) is 0 Å². The maximum atomic E-state index is 14.7. The van der Waals surface area contributed by atoms with Crippen molar-refractivity contribution < 1.29 is 4.39 Å². The van der Waals surface area contributed by atoms with Crippen LogP contribution in [0.2, 0.25) is 0 Å². The van der Waals surface area contributed by atoms with Gasteiger partial charge in [0.15, 0.2) is 0 Å². The molecule has 0 aliphatic heterocycles. The van der Waals surface area contributed by atoms with E-state index in [2.05, 4.69) is 73.9 Å². The number of hydrogen-bond donors (Lipinski definition) is 0. The zero-order valence-electron chi connectivity index (χ0n) is 19.2. The lowest BCUT2D eigenvalue weighted by Gasteiger charge is -2.06. The Morgan fingerprint density at radius 2 is 1.33 bits per heavy atom. The van der Waals surface area contributed by atoms with Gasteiger partial charge in [0.25, 0.3) is 0 Å². The van der Waals surface area contributed by atoms with Crippen LogP contribution in [0.3, 0.4) is 0 Å². The summed E-state index contributed by atoms with van der Waals surface area (Å²) in [5, 5.41) is 1.53. The first kappa shape index (κ1) is 22.6. The van der Waals surface area contributed by atoms with Gasteiger partial charge in [0.05, 0.1) is 0 Å². The lowest BCUT2D eigenvalue weighted by atomic mass is 10.0. The Bertz CT molecular complexity index is 1300. The van der Waals surface area contributed by atoms with E-state index in [0.717, 1.165) is 47.8 Å². The molecule has 0 nitrogen and oxygen atoms in total. The molecule has 0 amide bonds. The van der Waals surface area contributed by atoms with Gasteiger partial charge in [-0.05, 0) is 84.0 Å². The standard InChI is InChI=1S/C32H29F/c1-3-5-6-29-20-21-30-23-28(19-22-31(30)32(29)33)18-17-27-15-13-26(14-16-27)12-11-25-9-7-24(4-2)8-10-25/h3,7-10,13-16,19-23H,1,4-6,11-12H2,2H3. The van der Waals surface area contributed by atoms with Crippen LogP contribution in [0.15, 0.2) is 91.5 Å². The van der Waals surface area contributed by atoms with Crippen molar-refractivity contribution in [1.82, 2.24) is 0 Å². The topological polar surface area (TPSA) is 0 Å². The third-order valence-electron chi connectivity index (χ3n) is 6.09. The fourth-order valence-corrected chi connectivity index (χ4v) is 3.99. The predicted molar refractivity (Wildman–Crippen MR) is 138 cm³/mol. The van der Waals surface area contributed by atoms with Crippen LogP contribution in [0.25, 0.3) is 10.8 Å². The number of rotatable bonds is 7. The molecule has 4 rings (SSSR count). The van der Waals surface area contributed by atoms with Gasteiger partial charge in [-0.3, -0.25) is 0 Å². The summed E-state index contributed by atoms with van der Waals surface area (Å²) in [6.07, 6.45) is 6.41. The molecule has 0 N–H and O–H groups in total. The van der Waals surface area contributed by atoms with Crippen LogP contribution in [-0.2, 0) is 25.7 Å². The van der Waals surface area contributed by atoms with E-state index >= 15 is 0 Å². The molecule has 0 aromatic heterocycles. The van der Waals surface area contributed by atoms with Gasteiger partial charge in [-0.1, -0.05) is 79.4 Å². The summed E-state index contributed by atoms with van der Waals surface area (Å²) in [4.78, 5) is 0. The molecule has 0 saturated carbocycles. The lowest BCUT2D eigenvalue weighted by Crippen LogP contribution is -1.92. The van der Waals surface area contributed by atoms with Crippen LogP contribution in [0.4, 0.5) is 4.39 Å². The van der Waals surface area contributed by atoms with Crippen LogP contribution in [0.1, 0.15) is 46.7 Å². The molecule has 33 heavy (non-hydrogen) atoms. The Labute approximate surface area is 196 Å². The Balaban J connectivity index is 1.42. The fourth-order valence-electron chi connectivity index (χ4n) is 3.99. The Morgan fingerprint density at radius 1 is 0.727 bits per heavy atom. The van der Waals surface area contributed by atoms with Gasteiger partial charge in [0.1, 0.15) is 5.82 Å². The molecule has 0 aliphatic carbocycles. The predicted octanol–water partition coefficient (Wildman–Crippen LogP) is 7.84. The SMILES string of the molecule is C=CCCc1ccc2cc(C#Cc3ccc(CCc4ccc(CC)cc4)cc3)ccc2c1F. The van der Waals surface area contributed by atoms with Crippen LogP contribution in [0.5, 0.6) is 0 Å². The van der Waals surface area contributed by atoms with Crippen molar-refractivity contribution in [2.45, 2.75) is 39.0 Å². The average Bonchev–Trinajstić information content (AvgIpc) is 2.87. The first-order valence-corrected chi connectivity index (χ1v) is 11.7. The van der Waals surface area contributed by atoms with Crippen LogP contribution in [0, 0.1) is 17.7 Å². The molecule has 4 aromatic rings. The fraction of sp³-hybridized carbons (Fsp3) is 0.188. The minimum atomic E-state index is -0.134. The molecular weight excluding hydrogens is 403 g/mol. The lowest BCUT2D eigenvalue weighted by molar-refractivity contribution is 0.621. The second-order valence-electron chi connectivity index (χ2n) is 8.42. The second kappa shape index (κ2) is 10.8. The van der Waals surface area contributed by atoms with Gasteiger partial charge in [0.2, 0.25) is 0 Å². The third kappa shape index (κ3) is 5.79. The number of benzene rings is 4. The molecule has 164 valence electrons. The van der Waals surface area contributed by atoms with Gasteiger partial charge in [0, 0.05) is 16.5 Å². The van der Waals surface area contributed by atoms with E-state index in [-0.39, 0.29) is 5.82 Å². The first-order chi connectivity index (χ1) is 16.2. The van der Waals surface area contributed by atoms with E-state index < -0.39 is 0 Å². The molecule has 0 saturated heterocycles. The maximum absolute atomic E-state index is 14.7. The van der Waals surface area contributed by atoms with Gasteiger partial charge in [-0.2, -0.15) is 0 Å². The van der Waals surface area contributed by atoms with Crippen molar-refractivity contribution in [2.24, 2.45) is 0 Å². The third-order valence-corrected chi connectivity index (χ3v) is 6.09. The van der Waals surface area contributed by atoms with E-state index in [1.54, 1.807) is 0 Å². The van der Waals surface area contributed by atoms with Crippen LogP contribution in [-0.4, -0.2) is 0 Å². The molecule has 0 unspecified atom stereocenters. The molecule has 0 radical (unpaired) electrons. The minimum absolute atomic E-state index is 0.134. The van der Waals surface area contributed by atoms with E-state index in [1.807, 2.05) is 36.4 Å². The van der Waals surface area contributed by atoms with E-state index in [9.17, 15) is 4.39 Å². The summed E-state index contributed by atoms with van der Waals surface area (Å²) in [6, 6.07) is 26.9. The number of aryl methyl sites for hydroxylation is 4. The van der Waals surface area contributed by atoms with E-state index in [1.165, 1.54) is 16.7 Å². The van der Waals surface area contributed by atoms with Crippen molar-refractivity contribution in [3.05, 3.63) is 131 Å². The molecule has 0 bridgehead atoms. The van der Waals surface area contributed by atoms with E-state index in [0.29, 0.717) is 11.8 Å². The largest absolute Gasteiger partial charge is 0.206 e. The highest BCUT2D eigenvalue weighted by molar-refractivity contribution is 5.85. The zero-order valence-corrected chi connectivity index (χ0v) is 19.2. The minimum Gasteiger partial charge on any atom is -0.206 e. The normalized spacial score (nSPS) is 10.6. The second-order valence-corrected chi connectivity index (χ2v) is 8.42. The quantitative estimate of drug-likeness (QED) is 0.206. The number of fused-ring (bicyclic) bond motifs is 1. The number of hydrogen-bond acceptors (Lipinski definition) is 0. The van der Waals surface area contributed by atoms with Crippen molar-refractivity contribution in [1.29, 1.82) is 0 Å². The molecule has 0 fully saturated rings. The number of halogens is 1. The monoisotopic (exact) mass is 432 g/mol. The van der Waals surface area contributed by atoms with Gasteiger partial charge in [-0.15, -0.1) is 6.58 Å². The van der Waals surface area contributed by atoms with Crippen molar-refractivity contribution in [3.8, 4) is 11.8 Å². The summed E-state index contributed by atoms with van der Waals surface area (Å²) in [5.74, 6) is 6.33. The molecule has 4 aromatic carbocycles. The highest BCUT2D eigenvalue weighted by Gasteiger charge is 2.07. The van der Waals surface area contributed by atoms with E-state index in [4.69, 9.17) is 0 Å². The van der Waals surface area contributed by atoms with Crippen LogP contribution < -0.4 is 0 Å². The molecule has 0 aliphatic rings. The summed E-state index contributed by atoms with van der Waals surface area (Å²) >= 11 is 0. The zero-order chi connectivity index (χ0) is 23.0. The summed E-state index contributed by atoms with van der Waals surface area (Å²) < 4.78 is 14.7. The molecule has 0 spiro atoms. The van der Waals surface area contributed by atoms with Gasteiger partial charge < -0.3 is 0 Å². The smallest absolute Gasteiger partial charge is 0.134 e. The van der Waals surface area contributed by atoms with Crippen molar-refractivity contribution >= 4 is 10.8 Å². The first-order valence-electron chi connectivity index (χ1n) is 11.7. The Kier molecular flexibility index (Phi) is 7.38. The molecule has 0 heterocycles.